The maximum Gasteiger partial charge on any atom is 0.221 e. The Morgan fingerprint density at radius 2 is 2.50 bits per heavy atom. The maximum atomic E-state index is 11.3. The number of nitrogens with one attached hydrogen (secondary N) is 3. The molecule has 0 fully saturated rings. The number of carbonyl (C=O) groups is 1. The van der Waals surface area contributed by atoms with Crippen LogP contribution >= 0.6 is 0 Å². The topological polar surface area (TPSA) is 69.8 Å². The van der Waals surface area contributed by atoms with E-state index >= 15 is 0 Å². The van der Waals surface area contributed by atoms with Crippen molar-refractivity contribution in [1.82, 2.24) is 20.8 Å². The SMILES string of the molecule is CNCCC(=O)NC(C)c1cn[nH]c1. The molecule has 1 aromatic heterocycles. The highest BCUT2D eigenvalue weighted by atomic mass is 16.1. The Hall–Kier alpha value is -1.36. The van der Waals surface area contributed by atoms with Gasteiger partial charge in [0.05, 0.1) is 12.2 Å². The predicted octanol–water partition coefficient (Wildman–Crippen LogP) is 0.196. The molecular weight excluding hydrogens is 180 g/mol. The Morgan fingerprint density at radius 3 is 3.07 bits per heavy atom. The first-order valence-electron chi connectivity index (χ1n) is 4.66. The third kappa shape index (κ3) is 3.18. The van der Waals surface area contributed by atoms with Gasteiger partial charge in [0.15, 0.2) is 0 Å². The third-order valence-corrected chi connectivity index (χ3v) is 2.00. The summed E-state index contributed by atoms with van der Waals surface area (Å²) in [5.74, 6) is 0.0491. The van der Waals surface area contributed by atoms with Crippen molar-refractivity contribution in [3.05, 3.63) is 18.0 Å². The average Bonchev–Trinajstić information content (AvgIpc) is 2.67. The zero-order chi connectivity index (χ0) is 10.4. The molecule has 0 aliphatic rings. The zero-order valence-electron chi connectivity index (χ0n) is 8.50. The standard InChI is InChI=1S/C9H16N4O/c1-7(8-5-11-12-6-8)13-9(14)3-4-10-2/h5-7,10H,3-4H2,1-2H3,(H,11,12)(H,13,14). The molecule has 0 bridgehead atoms. The van der Waals surface area contributed by atoms with E-state index in [1.807, 2.05) is 14.0 Å². The molecule has 0 radical (unpaired) electrons. The van der Waals surface area contributed by atoms with Crippen molar-refractivity contribution in [2.75, 3.05) is 13.6 Å². The number of carbonyl (C=O) groups excluding carboxylic acids is 1. The Bertz CT molecular complexity index is 270. The normalized spacial score (nSPS) is 12.4. The highest BCUT2D eigenvalue weighted by Gasteiger charge is 2.09. The molecule has 0 aliphatic carbocycles. The van der Waals surface area contributed by atoms with E-state index in [-0.39, 0.29) is 11.9 Å². The summed E-state index contributed by atoms with van der Waals surface area (Å²) >= 11 is 0. The molecule has 78 valence electrons. The van der Waals surface area contributed by atoms with Gasteiger partial charge in [-0.25, -0.2) is 0 Å². The fourth-order valence-electron chi connectivity index (χ4n) is 1.13. The summed E-state index contributed by atoms with van der Waals surface area (Å²) in [7, 11) is 1.83. The zero-order valence-corrected chi connectivity index (χ0v) is 8.50. The molecule has 1 heterocycles. The van der Waals surface area contributed by atoms with Crippen LogP contribution in [-0.4, -0.2) is 29.7 Å². The van der Waals surface area contributed by atoms with Crippen LogP contribution in [0.1, 0.15) is 24.9 Å². The largest absolute Gasteiger partial charge is 0.349 e. The lowest BCUT2D eigenvalue weighted by Gasteiger charge is -2.11. The minimum Gasteiger partial charge on any atom is -0.349 e. The first-order valence-corrected chi connectivity index (χ1v) is 4.66. The van der Waals surface area contributed by atoms with Crippen LogP contribution in [0.4, 0.5) is 0 Å². The predicted molar refractivity (Wildman–Crippen MR) is 53.7 cm³/mol. The monoisotopic (exact) mass is 196 g/mol. The summed E-state index contributed by atoms with van der Waals surface area (Å²) in [5.41, 5.74) is 0.989. The molecule has 1 aromatic rings. The van der Waals surface area contributed by atoms with Crippen molar-refractivity contribution in [3.63, 3.8) is 0 Å². The summed E-state index contributed by atoms with van der Waals surface area (Å²) in [6.07, 6.45) is 3.99. The van der Waals surface area contributed by atoms with Crippen molar-refractivity contribution in [2.45, 2.75) is 19.4 Å². The summed E-state index contributed by atoms with van der Waals surface area (Å²) in [6, 6.07) is 0.0121. The number of aromatic amines is 1. The fourth-order valence-corrected chi connectivity index (χ4v) is 1.13. The van der Waals surface area contributed by atoms with E-state index in [0.717, 1.165) is 5.56 Å². The van der Waals surface area contributed by atoms with E-state index in [2.05, 4.69) is 20.8 Å². The minimum atomic E-state index is 0.0121. The summed E-state index contributed by atoms with van der Waals surface area (Å²) in [5, 5.41) is 12.3. The highest BCUT2D eigenvalue weighted by Crippen LogP contribution is 2.08. The molecule has 0 spiro atoms. The lowest BCUT2D eigenvalue weighted by atomic mass is 10.2. The number of nitrogens with zero attached hydrogens (tertiary/aromatic N) is 1. The molecule has 0 saturated heterocycles. The molecule has 1 amide bonds. The first kappa shape index (κ1) is 10.7. The molecular formula is C9H16N4O. The van der Waals surface area contributed by atoms with E-state index in [4.69, 9.17) is 0 Å². The number of aromatic nitrogens is 2. The molecule has 14 heavy (non-hydrogen) atoms. The van der Waals surface area contributed by atoms with Crippen molar-refractivity contribution in [1.29, 1.82) is 0 Å². The Labute approximate surface area is 83.3 Å². The second-order valence-electron chi connectivity index (χ2n) is 3.17. The van der Waals surface area contributed by atoms with Crippen LogP contribution in [0.3, 0.4) is 0 Å². The summed E-state index contributed by atoms with van der Waals surface area (Å²) in [4.78, 5) is 11.3. The number of hydrogen-bond donors (Lipinski definition) is 3. The first-order chi connectivity index (χ1) is 6.74. The average molecular weight is 196 g/mol. The number of amides is 1. The number of rotatable bonds is 5. The van der Waals surface area contributed by atoms with Gasteiger partial charge < -0.3 is 10.6 Å². The third-order valence-electron chi connectivity index (χ3n) is 2.00. The van der Waals surface area contributed by atoms with E-state index in [9.17, 15) is 4.79 Å². The van der Waals surface area contributed by atoms with Gasteiger partial charge in [0.25, 0.3) is 0 Å². The molecule has 5 heteroatoms. The van der Waals surface area contributed by atoms with Crippen molar-refractivity contribution in [2.24, 2.45) is 0 Å². The Kier molecular flexibility index (Phi) is 4.12. The van der Waals surface area contributed by atoms with Gasteiger partial charge in [0.1, 0.15) is 0 Å². The van der Waals surface area contributed by atoms with E-state index in [0.29, 0.717) is 13.0 Å². The van der Waals surface area contributed by atoms with Gasteiger partial charge in [-0.2, -0.15) is 5.10 Å². The van der Waals surface area contributed by atoms with Crippen LogP contribution in [0.2, 0.25) is 0 Å². The second-order valence-corrected chi connectivity index (χ2v) is 3.17. The lowest BCUT2D eigenvalue weighted by Crippen LogP contribution is -2.28. The second kappa shape index (κ2) is 5.39. The van der Waals surface area contributed by atoms with Crippen LogP contribution in [0.25, 0.3) is 0 Å². The number of H-pyrrole nitrogens is 1. The quantitative estimate of drug-likeness (QED) is 0.630. The maximum absolute atomic E-state index is 11.3. The summed E-state index contributed by atoms with van der Waals surface area (Å²) in [6.45, 7) is 2.63. The Balaban J connectivity index is 2.33. The van der Waals surface area contributed by atoms with Crippen LogP contribution in [0.5, 0.6) is 0 Å². The van der Waals surface area contributed by atoms with Gasteiger partial charge in [-0.15, -0.1) is 0 Å². The van der Waals surface area contributed by atoms with Crippen LogP contribution < -0.4 is 10.6 Å². The minimum absolute atomic E-state index is 0.0121. The van der Waals surface area contributed by atoms with Gasteiger partial charge in [0, 0.05) is 24.7 Å². The fraction of sp³-hybridized carbons (Fsp3) is 0.556. The molecule has 5 nitrogen and oxygen atoms in total. The van der Waals surface area contributed by atoms with Gasteiger partial charge in [-0.1, -0.05) is 0 Å². The molecule has 1 atom stereocenters. The van der Waals surface area contributed by atoms with Gasteiger partial charge in [0.2, 0.25) is 5.91 Å². The highest BCUT2D eigenvalue weighted by molar-refractivity contribution is 5.76. The van der Waals surface area contributed by atoms with Crippen molar-refractivity contribution < 1.29 is 4.79 Å². The molecule has 0 aliphatic heterocycles. The molecule has 1 unspecified atom stereocenters. The van der Waals surface area contributed by atoms with E-state index in [1.54, 1.807) is 12.4 Å². The van der Waals surface area contributed by atoms with Gasteiger partial charge in [-0.05, 0) is 14.0 Å². The molecule has 1 rings (SSSR count). The van der Waals surface area contributed by atoms with E-state index < -0.39 is 0 Å². The van der Waals surface area contributed by atoms with Gasteiger partial charge in [-0.3, -0.25) is 9.89 Å². The van der Waals surface area contributed by atoms with Crippen LogP contribution in [0, 0.1) is 0 Å². The molecule has 3 N–H and O–H groups in total. The summed E-state index contributed by atoms with van der Waals surface area (Å²) < 4.78 is 0. The number of hydrogen-bond acceptors (Lipinski definition) is 3. The smallest absolute Gasteiger partial charge is 0.221 e. The molecule has 0 aromatic carbocycles. The lowest BCUT2D eigenvalue weighted by molar-refractivity contribution is -0.121. The van der Waals surface area contributed by atoms with Crippen LogP contribution in [0.15, 0.2) is 12.4 Å². The van der Waals surface area contributed by atoms with E-state index in [1.165, 1.54) is 0 Å². The van der Waals surface area contributed by atoms with Crippen molar-refractivity contribution in [3.8, 4) is 0 Å². The van der Waals surface area contributed by atoms with Crippen molar-refractivity contribution >= 4 is 5.91 Å². The van der Waals surface area contributed by atoms with Crippen LogP contribution in [-0.2, 0) is 4.79 Å². The molecule has 0 saturated carbocycles. The Morgan fingerprint density at radius 1 is 1.71 bits per heavy atom. The van der Waals surface area contributed by atoms with Gasteiger partial charge >= 0.3 is 0 Å².